The number of rotatable bonds is 7. The molecule has 0 spiro atoms. The van der Waals surface area contributed by atoms with Gasteiger partial charge in [-0.15, -0.1) is 0 Å². The van der Waals surface area contributed by atoms with E-state index in [9.17, 15) is 19.1 Å². The average Bonchev–Trinajstić information content (AvgIpc) is 3.64. The minimum Gasteiger partial charge on any atom is -0.454 e. The summed E-state index contributed by atoms with van der Waals surface area (Å²) in [5, 5.41) is 24.0. The molecule has 0 saturated carbocycles. The van der Waals surface area contributed by atoms with Crippen molar-refractivity contribution in [3.05, 3.63) is 119 Å². The fourth-order valence-electron chi connectivity index (χ4n) is 4.61. The van der Waals surface area contributed by atoms with Crippen molar-refractivity contribution in [1.82, 2.24) is 24.5 Å². The lowest BCUT2D eigenvalue weighted by atomic mass is 10.1. The number of nitrogens with zero attached hydrogens (tertiary/aromatic N) is 4. The maximum absolute atomic E-state index is 15.2. The summed E-state index contributed by atoms with van der Waals surface area (Å²) in [6.45, 7) is -0.489. The third kappa shape index (κ3) is 4.90. The zero-order valence-corrected chi connectivity index (χ0v) is 22.0. The molecule has 3 aromatic carbocycles. The van der Waals surface area contributed by atoms with Gasteiger partial charge in [0.1, 0.15) is 17.1 Å². The summed E-state index contributed by atoms with van der Waals surface area (Å²) in [6.07, 6.45) is 4.99. The highest BCUT2D eigenvalue weighted by Gasteiger charge is 2.19. The first-order valence-electron chi connectivity index (χ1n) is 12.7. The van der Waals surface area contributed by atoms with Gasteiger partial charge in [0, 0.05) is 47.2 Å². The van der Waals surface area contributed by atoms with Crippen molar-refractivity contribution >= 4 is 22.5 Å². The number of pyridine rings is 1. The van der Waals surface area contributed by atoms with Crippen LogP contribution in [0.5, 0.6) is 11.5 Å². The van der Waals surface area contributed by atoms with Crippen LogP contribution >= 0.6 is 0 Å². The van der Waals surface area contributed by atoms with Crippen LogP contribution in [0.25, 0.3) is 27.7 Å². The Labute approximate surface area is 236 Å². The lowest BCUT2D eigenvalue weighted by molar-refractivity contribution is 0.102. The van der Waals surface area contributed by atoms with Crippen LogP contribution in [0.1, 0.15) is 16.1 Å². The molecule has 3 heterocycles. The summed E-state index contributed by atoms with van der Waals surface area (Å²) < 4.78 is 37.5. The van der Waals surface area contributed by atoms with Crippen molar-refractivity contribution in [2.45, 2.75) is 6.61 Å². The number of anilines is 1. The van der Waals surface area contributed by atoms with Crippen LogP contribution in [-0.2, 0) is 13.7 Å². The van der Waals surface area contributed by atoms with Gasteiger partial charge in [0.2, 0.25) is 0 Å². The lowest BCUT2D eigenvalue weighted by Gasteiger charge is -2.14. The highest BCUT2D eigenvalue weighted by Crippen LogP contribution is 2.37. The Morgan fingerprint density at radius 2 is 1.83 bits per heavy atom. The minimum atomic E-state index is -0.794. The molecular weight excluding hydrogens is 546 g/mol. The zero-order chi connectivity index (χ0) is 29.4. The van der Waals surface area contributed by atoms with Crippen molar-refractivity contribution in [3.63, 3.8) is 0 Å². The van der Waals surface area contributed by atoms with Gasteiger partial charge in [0.05, 0.1) is 30.2 Å². The summed E-state index contributed by atoms with van der Waals surface area (Å²) in [4.78, 5) is 26.2. The molecule has 0 aliphatic rings. The second-order valence-corrected chi connectivity index (χ2v) is 9.38. The first-order chi connectivity index (χ1) is 20.3. The van der Waals surface area contributed by atoms with E-state index in [1.54, 1.807) is 29.3 Å². The summed E-state index contributed by atoms with van der Waals surface area (Å²) in [5.41, 5.74) is 1.82. The van der Waals surface area contributed by atoms with E-state index in [1.165, 1.54) is 36.4 Å². The van der Waals surface area contributed by atoms with E-state index >= 15 is 4.39 Å². The number of aryl methyl sites for hydroxylation is 1. The molecule has 0 aliphatic carbocycles. The van der Waals surface area contributed by atoms with Crippen LogP contribution in [0.3, 0.4) is 0 Å². The number of hydrogen-bond acceptors (Lipinski definition) is 6. The SMILES string of the molecule is Cn1ncc2cc(Oc3ccc(NC(=O)c4ccc(CO)n(-c5ccc(F)cc5)c4=O)cc3F)c(-c3cn[nH]c3)cc21. The van der Waals surface area contributed by atoms with Gasteiger partial charge in [-0.3, -0.25) is 23.9 Å². The number of carbonyl (C=O) groups excluding carboxylic acids is 1. The van der Waals surface area contributed by atoms with E-state index in [1.807, 2.05) is 13.1 Å². The molecule has 12 heteroatoms. The molecule has 0 atom stereocenters. The van der Waals surface area contributed by atoms with Crippen LogP contribution in [0.15, 0.2) is 90.1 Å². The van der Waals surface area contributed by atoms with Gasteiger partial charge in [-0.2, -0.15) is 10.2 Å². The Balaban J connectivity index is 1.28. The summed E-state index contributed by atoms with van der Waals surface area (Å²) in [5.74, 6) is -1.77. The number of benzene rings is 3. The predicted molar refractivity (Wildman–Crippen MR) is 151 cm³/mol. The van der Waals surface area contributed by atoms with E-state index in [2.05, 4.69) is 20.6 Å². The molecule has 0 fully saturated rings. The molecule has 0 saturated heterocycles. The third-order valence-corrected chi connectivity index (χ3v) is 6.72. The molecule has 3 N–H and O–H groups in total. The number of fused-ring (bicyclic) bond motifs is 1. The van der Waals surface area contributed by atoms with Crippen LogP contribution in [-0.4, -0.2) is 35.6 Å². The fraction of sp³-hybridized carbons (Fsp3) is 0.0667. The van der Waals surface area contributed by atoms with Crippen molar-refractivity contribution in [1.29, 1.82) is 0 Å². The maximum Gasteiger partial charge on any atom is 0.268 e. The molecule has 10 nitrogen and oxygen atoms in total. The van der Waals surface area contributed by atoms with Gasteiger partial charge in [-0.25, -0.2) is 8.78 Å². The van der Waals surface area contributed by atoms with Gasteiger partial charge in [-0.1, -0.05) is 0 Å². The molecule has 6 rings (SSSR count). The van der Waals surface area contributed by atoms with Crippen molar-refractivity contribution in [2.24, 2.45) is 7.05 Å². The number of aromatic nitrogens is 5. The molecule has 0 aliphatic heterocycles. The predicted octanol–water partition coefficient (Wildman–Crippen LogP) is 4.93. The number of ether oxygens (including phenoxy) is 1. The topological polar surface area (TPSA) is 127 Å². The van der Waals surface area contributed by atoms with Gasteiger partial charge < -0.3 is 15.2 Å². The molecule has 0 radical (unpaired) electrons. The fourth-order valence-corrected chi connectivity index (χ4v) is 4.61. The number of aromatic amines is 1. The van der Waals surface area contributed by atoms with E-state index in [0.29, 0.717) is 11.3 Å². The number of hydrogen-bond donors (Lipinski definition) is 3. The number of aliphatic hydroxyl groups excluding tert-OH is 1. The summed E-state index contributed by atoms with van der Waals surface area (Å²) >= 11 is 0. The van der Waals surface area contributed by atoms with E-state index in [4.69, 9.17) is 4.74 Å². The number of amides is 1. The van der Waals surface area contributed by atoms with Crippen LogP contribution in [0.2, 0.25) is 0 Å². The number of H-pyrrole nitrogens is 1. The van der Waals surface area contributed by atoms with Gasteiger partial charge >= 0.3 is 0 Å². The molecule has 1 amide bonds. The maximum atomic E-state index is 15.2. The smallest absolute Gasteiger partial charge is 0.268 e. The lowest BCUT2D eigenvalue weighted by Crippen LogP contribution is -2.30. The highest BCUT2D eigenvalue weighted by atomic mass is 19.1. The first-order valence-corrected chi connectivity index (χ1v) is 12.7. The Kier molecular flexibility index (Phi) is 6.80. The zero-order valence-electron chi connectivity index (χ0n) is 22.0. The van der Waals surface area contributed by atoms with Crippen LogP contribution in [0, 0.1) is 11.6 Å². The van der Waals surface area contributed by atoms with E-state index in [0.717, 1.165) is 39.2 Å². The average molecular weight is 569 g/mol. The summed E-state index contributed by atoms with van der Waals surface area (Å²) in [6, 6.07) is 15.2. The number of halogens is 2. The molecule has 42 heavy (non-hydrogen) atoms. The molecule has 0 unspecified atom stereocenters. The van der Waals surface area contributed by atoms with Crippen LogP contribution < -0.4 is 15.6 Å². The van der Waals surface area contributed by atoms with E-state index < -0.39 is 29.7 Å². The molecule has 6 aromatic rings. The second-order valence-electron chi connectivity index (χ2n) is 9.38. The first kappa shape index (κ1) is 26.6. The molecule has 210 valence electrons. The number of nitrogens with one attached hydrogen (secondary N) is 2. The van der Waals surface area contributed by atoms with Gasteiger partial charge in [-0.05, 0) is 60.7 Å². The Hall–Kier alpha value is -5.62. The minimum absolute atomic E-state index is 0.0848. The second kappa shape index (κ2) is 10.7. The van der Waals surface area contributed by atoms with Gasteiger partial charge in [0.25, 0.3) is 11.5 Å². The van der Waals surface area contributed by atoms with Crippen molar-refractivity contribution in [2.75, 3.05) is 5.32 Å². The third-order valence-electron chi connectivity index (χ3n) is 6.72. The van der Waals surface area contributed by atoms with Crippen molar-refractivity contribution in [3.8, 4) is 28.3 Å². The Bertz CT molecular complexity index is 2000. The molecule has 3 aromatic heterocycles. The quantitative estimate of drug-likeness (QED) is 0.251. The standard InChI is InChI=1S/C30H22F2N6O4/c1-37-26-12-24(18-13-33-34-14-18)28(10-17(26)15-35-37)42-27-9-4-20(11-25(27)32)36-29(40)23-8-7-22(16-39)38(30(23)41)21-5-2-19(31)3-6-21/h2-15,39H,16H2,1H3,(H,33,34)(H,36,40). The molecule has 0 bridgehead atoms. The normalized spacial score (nSPS) is 11.1. The number of carbonyl (C=O) groups is 1. The number of aliphatic hydroxyl groups is 1. The van der Waals surface area contributed by atoms with E-state index in [-0.39, 0.29) is 28.4 Å². The summed E-state index contributed by atoms with van der Waals surface area (Å²) in [7, 11) is 1.81. The monoisotopic (exact) mass is 568 g/mol. The Morgan fingerprint density at radius 1 is 1.02 bits per heavy atom. The van der Waals surface area contributed by atoms with Gasteiger partial charge in [0.15, 0.2) is 11.6 Å². The highest BCUT2D eigenvalue weighted by molar-refractivity contribution is 6.04. The Morgan fingerprint density at radius 3 is 2.55 bits per heavy atom. The largest absolute Gasteiger partial charge is 0.454 e. The van der Waals surface area contributed by atoms with Crippen LogP contribution in [0.4, 0.5) is 14.5 Å². The molecular formula is C30H22F2N6O4. The van der Waals surface area contributed by atoms with Crippen molar-refractivity contribution < 1.29 is 23.4 Å².